The van der Waals surface area contributed by atoms with Crippen LogP contribution in [0.3, 0.4) is 0 Å². The van der Waals surface area contributed by atoms with E-state index < -0.39 is 23.4 Å². The number of oxazole rings is 1. The number of carbonyl (C=O) groups is 2. The smallest absolute Gasteiger partial charge is 0.408 e. The summed E-state index contributed by atoms with van der Waals surface area (Å²) in [4.78, 5) is 35.6. The molecule has 0 radical (unpaired) electrons. The largest absolute Gasteiger partial charge is 0.419 e. The van der Waals surface area contributed by atoms with Gasteiger partial charge in [-0.3, -0.25) is 25.0 Å². The van der Waals surface area contributed by atoms with Gasteiger partial charge in [0.15, 0.2) is 5.58 Å². The number of nitrogens with zero attached hydrogens (tertiary/aromatic N) is 1. The fraction of sp³-hybridized carbons (Fsp3) is 0.167. The molecule has 0 bridgehead atoms. The zero-order valence-corrected chi connectivity index (χ0v) is 14.8. The standard InChI is InChI=1S/C18H15ClFN3O4/c19-12-3-6-14-15(10-12)27-18(26)23(14)8-7-16(24)21-22-17(25)9-11-1-4-13(20)5-2-11/h1-6,10H,7-9H2,(H,21,24)(H,22,25). The molecule has 1 heterocycles. The number of aryl methyl sites for hydroxylation is 1. The van der Waals surface area contributed by atoms with E-state index in [1.807, 2.05) is 0 Å². The minimum atomic E-state index is -0.597. The molecule has 140 valence electrons. The Morgan fingerprint density at radius 3 is 2.52 bits per heavy atom. The first-order valence-electron chi connectivity index (χ1n) is 8.03. The second-order valence-corrected chi connectivity index (χ2v) is 6.22. The molecule has 0 aliphatic heterocycles. The average Bonchev–Trinajstić information content (AvgIpc) is 2.94. The summed E-state index contributed by atoms with van der Waals surface area (Å²) in [6, 6.07) is 10.2. The summed E-state index contributed by atoms with van der Waals surface area (Å²) in [5.74, 6) is -1.91. The third-order valence-corrected chi connectivity index (χ3v) is 4.05. The fourth-order valence-electron chi connectivity index (χ4n) is 2.50. The van der Waals surface area contributed by atoms with Gasteiger partial charge < -0.3 is 4.42 Å². The Bertz CT molecular complexity index is 1040. The van der Waals surface area contributed by atoms with E-state index in [9.17, 15) is 18.8 Å². The van der Waals surface area contributed by atoms with Crippen LogP contribution in [0, 0.1) is 5.82 Å². The predicted octanol–water partition coefficient (Wildman–Crippen LogP) is 2.17. The molecule has 3 rings (SSSR count). The quantitative estimate of drug-likeness (QED) is 0.652. The maximum atomic E-state index is 12.8. The van der Waals surface area contributed by atoms with Crippen molar-refractivity contribution in [3.05, 3.63) is 69.4 Å². The molecule has 2 N–H and O–H groups in total. The number of aromatic nitrogens is 1. The van der Waals surface area contributed by atoms with Gasteiger partial charge in [-0.1, -0.05) is 23.7 Å². The Balaban J connectivity index is 1.51. The van der Waals surface area contributed by atoms with E-state index in [4.69, 9.17) is 16.0 Å². The monoisotopic (exact) mass is 391 g/mol. The summed E-state index contributed by atoms with van der Waals surface area (Å²) in [7, 11) is 0. The first kappa shape index (κ1) is 18.7. The van der Waals surface area contributed by atoms with E-state index in [-0.39, 0.29) is 19.4 Å². The molecule has 9 heteroatoms. The van der Waals surface area contributed by atoms with Crippen molar-refractivity contribution in [3.8, 4) is 0 Å². The molecule has 0 atom stereocenters. The Morgan fingerprint density at radius 1 is 1.07 bits per heavy atom. The van der Waals surface area contributed by atoms with Crippen LogP contribution < -0.4 is 16.6 Å². The van der Waals surface area contributed by atoms with Gasteiger partial charge in [0.05, 0.1) is 11.9 Å². The van der Waals surface area contributed by atoms with Crippen LogP contribution in [0.25, 0.3) is 11.1 Å². The van der Waals surface area contributed by atoms with Gasteiger partial charge in [-0.25, -0.2) is 9.18 Å². The van der Waals surface area contributed by atoms with Crippen LogP contribution in [-0.4, -0.2) is 16.4 Å². The zero-order valence-electron chi connectivity index (χ0n) is 14.0. The van der Waals surface area contributed by atoms with Crippen LogP contribution in [0.2, 0.25) is 5.02 Å². The van der Waals surface area contributed by atoms with Gasteiger partial charge in [0, 0.05) is 24.1 Å². The van der Waals surface area contributed by atoms with Crippen molar-refractivity contribution >= 4 is 34.5 Å². The molecule has 2 aromatic carbocycles. The van der Waals surface area contributed by atoms with Gasteiger partial charge in [-0.05, 0) is 29.8 Å². The van der Waals surface area contributed by atoms with E-state index in [1.165, 1.54) is 34.9 Å². The third kappa shape index (κ3) is 4.73. The molecular formula is C18H15ClFN3O4. The number of hydrazine groups is 1. The number of halogens is 2. The normalized spacial score (nSPS) is 10.7. The fourth-order valence-corrected chi connectivity index (χ4v) is 2.66. The molecule has 7 nitrogen and oxygen atoms in total. The second kappa shape index (κ2) is 8.05. The number of hydrogen-bond acceptors (Lipinski definition) is 4. The number of amides is 2. The lowest BCUT2D eigenvalue weighted by molar-refractivity contribution is -0.128. The van der Waals surface area contributed by atoms with E-state index in [1.54, 1.807) is 12.1 Å². The summed E-state index contributed by atoms with van der Waals surface area (Å²) in [6.07, 6.45) is -0.0544. The number of benzene rings is 2. The SMILES string of the molecule is O=C(CCn1c(=O)oc2cc(Cl)ccc21)NNC(=O)Cc1ccc(F)cc1. The molecule has 0 spiro atoms. The molecule has 3 aromatic rings. The lowest BCUT2D eigenvalue weighted by Gasteiger charge is -2.08. The summed E-state index contributed by atoms with van der Waals surface area (Å²) < 4.78 is 19.2. The summed E-state index contributed by atoms with van der Waals surface area (Å²) in [6.45, 7) is 0.0765. The average molecular weight is 392 g/mol. The molecule has 0 aliphatic rings. The predicted molar refractivity (Wildman–Crippen MR) is 96.5 cm³/mol. The van der Waals surface area contributed by atoms with Crippen molar-refractivity contribution in [1.29, 1.82) is 0 Å². The van der Waals surface area contributed by atoms with Crippen LogP contribution in [0.5, 0.6) is 0 Å². The summed E-state index contributed by atoms with van der Waals surface area (Å²) in [5, 5.41) is 0.435. The molecular weight excluding hydrogens is 377 g/mol. The van der Waals surface area contributed by atoms with E-state index in [2.05, 4.69) is 10.9 Å². The topological polar surface area (TPSA) is 93.3 Å². The highest BCUT2D eigenvalue weighted by Crippen LogP contribution is 2.18. The molecule has 0 aliphatic carbocycles. The first-order chi connectivity index (χ1) is 12.9. The maximum Gasteiger partial charge on any atom is 0.419 e. The molecule has 0 fully saturated rings. The zero-order chi connectivity index (χ0) is 19.4. The molecule has 2 amide bonds. The van der Waals surface area contributed by atoms with Crippen LogP contribution in [0.1, 0.15) is 12.0 Å². The number of fused-ring (bicyclic) bond motifs is 1. The molecule has 1 aromatic heterocycles. The van der Waals surface area contributed by atoms with Crippen molar-refractivity contribution in [2.24, 2.45) is 0 Å². The van der Waals surface area contributed by atoms with Crippen LogP contribution in [-0.2, 0) is 22.6 Å². The minimum Gasteiger partial charge on any atom is -0.408 e. The third-order valence-electron chi connectivity index (χ3n) is 3.81. The van der Waals surface area contributed by atoms with E-state index >= 15 is 0 Å². The maximum absolute atomic E-state index is 12.8. The first-order valence-corrected chi connectivity index (χ1v) is 8.41. The van der Waals surface area contributed by atoms with Crippen molar-refractivity contribution in [1.82, 2.24) is 15.4 Å². The van der Waals surface area contributed by atoms with Crippen molar-refractivity contribution < 1.29 is 18.4 Å². The number of hydrogen-bond donors (Lipinski definition) is 2. The molecule has 0 saturated carbocycles. The van der Waals surface area contributed by atoms with E-state index in [0.717, 1.165) is 0 Å². The number of nitrogens with one attached hydrogen (secondary N) is 2. The van der Waals surface area contributed by atoms with Gasteiger partial charge >= 0.3 is 5.76 Å². The van der Waals surface area contributed by atoms with Gasteiger partial charge in [-0.2, -0.15) is 0 Å². The van der Waals surface area contributed by atoms with Crippen LogP contribution in [0.4, 0.5) is 4.39 Å². The molecule has 27 heavy (non-hydrogen) atoms. The highest BCUT2D eigenvalue weighted by molar-refractivity contribution is 6.31. The number of carbonyl (C=O) groups excluding carboxylic acids is 2. The lowest BCUT2D eigenvalue weighted by Crippen LogP contribution is -2.42. The Labute approximate surface area is 157 Å². The van der Waals surface area contributed by atoms with Gasteiger partial charge in [0.1, 0.15) is 5.82 Å². The molecule has 0 unspecified atom stereocenters. The Morgan fingerprint density at radius 2 is 1.78 bits per heavy atom. The van der Waals surface area contributed by atoms with Gasteiger partial charge in [0.25, 0.3) is 0 Å². The summed E-state index contributed by atoms with van der Waals surface area (Å²) in [5.41, 5.74) is 6.02. The molecule has 0 saturated heterocycles. The Hall–Kier alpha value is -3.13. The summed E-state index contributed by atoms with van der Waals surface area (Å²) >= 11 is 5.85. The Kier molecular flexibility index (Phi) is 5.56. The minimum absolute atomic E-state index is 0.00680. The van der Waals surface area contributed by atoms with Gasteiger partial charge in [0.2, 0.25) is 11.8 Å². The lowest BCUT2D eigenvalue weighted by atomic mass is 10.1. The van der Waals surface area contributed by atoms with E-state index in [0.29, 0.717) is 21.7 Å². The number of rotatable bonds is 5. The van der Waals surface area contributed by atoms with Crippen LogP contribution >= 0.6 is 11.6 Å². The highest BCUT2D eigenvalue weighted by atomic mass is 35.5. The van der Waals surface area contributed by atoms with Crippen molar-refractivity contribution in [2.75, 3.05) is 0 Å². The van der Waals surface area contributed by atoms with Crippen molar-refractivity contribution in [2.45, 2.75) is 19.4 Å². The van der Waals surface area contributed by atoms with Crippen molar-refractivity contribution in [3.63, 3.8) is 0 Å². The van der Waals surface area contributed by atoms with Crippen LogP contribution in [0.15, 0.2) is 51.7 Å². The highest BCUT2D eigenvalue weighted by Gasteiger charge is 2.12. The second-order valence-electron chi connectivity index (χ2n) is 5.78. The van der Waals surface area contributed by atoms with Gasteiger partial charge in [-0.15, -0.1) is 0 Å².